The quantitative estimate of drug-likeness (QED) is 0.859. The van der Waals surface area contributed by atoms with Gasteiger partial charge >= 0.3 is 0 Å². The molecule has 2 unspecified atom stereocenters. The number of ketones is 1. The number of rotatable bonds is 3. The van der Waals surface area contributed by atoms with E-state index in [-0.39, 0.29) is 17.9 Å². The molecule has 1 N–H and O–H groups in total. The van der Waals surface area contributed by atoms with Crippen molar-refractivity contribution in [1.82, 2.24) is 5.32 Å². The molecule has 0 bridgehead atoms. The minimum Gasteiger partial charge on any atom is -0.453 e. The van der Waals surface area contributed by atoms with E-state index in [0.717, 1.165) is 16.5 Å². The van der Waals surface area contributed by atoms with Crippen LogP contribution < -0.4 is 5.32 Å². The van der Waals surface area contributed by atoms with E-state index in [2.05, 4.69) is 5.32 Å². The third-order valence-electron chi connectivity index (χ3n) is 3.65. The van der Waals surface area contributed by atoms with Crippen molar-refractivity contribution in [2.75, 3.05) is 13.7 Å². The van der Waals surface area contributed by atoms with Gasteiger partial charge in [-0.25, -0.2) is 0 Å². The van der Waals surface area contributed by atoms with E-state index in [1.165, 1.54) is 0 Å². The molecule has 100 valence electrons. The summed E-state index contributed by atoms with van der Waals surface area (Å²) in [5.74, 6) is 0.434. The maximum atomic E-state index is 12.4. The van der Waals surface area contributed by atoms with Crippen molar-refractivity contribution in [3.63, 3.8) is 0 Å². The van der Waals surface area contributed by atoms with Gasteiger partial charge in [-0.2, -0.15) is 0 Å². The van der Waals surface area contributed by atoms with Gasteiger partial charge in [0.1, 0.15) is 5.58 Å². The van der Waals surface area contributed by atoms with Crippen LogP contribution >= 0.6 is 0 Å². The second kappa shape index (κ2) is 4.79. The van der Waals surface area contributed by atoms with Crippen LogP contribution in [0.2, 0.25) is 0 Å². The Labute approximate surface area is 111 Å². The molecule has 3 rings (SSSR count). The van der Waals surface area contributed by atoms with Gasteiger partial charge in [-0.3, -0.25) is 4.79 Å². The topological polar surface area (TPSA) is 51.5 Å². The Kier molecular flexibility index (Phi) is 3.12. The second-order valence-electron chi connectivity index (χ2n) is 5.07. The largest absolute Gasteiger partial charge is 0.453 e. The number of hydrogen-bond donors (Lipinski definition) is 1. The molecule has 4 heteroatoms. The highest BCUT2D eigenvalue weighted by atomic mass is 16.5. The molecule has 2 aromatic rings. The van der Waals surface area contributed by atoms with Gasteiger partial charge in [-0.05, 0) is 31.5 Å². The van der Waals surface area contributed by atoms with Crippen LogP contribution in [0.15, 0.2) is 28.7 Å². The first kappa shape index (κ1) is 12.4. The van der Waals surface area contributed by atoms with Gasteiger partial charge < -0.3 is 14.5 Å². The lowest BCUT2D eigenvalue weighted by Crippen LogP contribution is -2.30. The number of furan rings is 1. The van der Waals surface area contributed by atoms with E-state index in [1.807, 2.05) is 31.2 Å². The van der Waals surface area contributed by atoms with Gasteiger partial charge in [0.05, 0.1) is 12.1 Å². The number of nitrogens with one attached hydrogen (secondary N) is 1. The molecule has 1 aliphatic heterocycles. The standard InChI is InChI=1S/C15H17NO3/c1-9-3-4-13-10(5-9)6-14(19-13)15(17)12-7-11(18-2)8-16-12/h3-6,11-12,16H,7-8H2,1-2H3. The summed E-state index contributed by atoms with van der Waals surface area (Å²) in [7, 11) is 1.67. The molecule has 1 saturated heterocycles. The number of benzene rings is 1. The summed E-state index contributed by atoms with van der Waals surface area (Å²) >= 11 is 0. The summed E-state index contributed by atoms with van der Waals surface area (Å²) in [6, 6.07) is 7.53. The molecule has 0 amide bonds. The van der Waals surface area contributed by atoms with Gasteiger partial charge in [0.2, 0.25) is 5.78 Å². The van der Waals surface area contributed by atoms with Gasteiger partial charge in [-0.15, -0.1) is 0 Å². The second-order valence-corrected chi connectivity index (χ2v) is 5.07. The lowest BCUT2D eigenvalue weighted by Gasteiger charge is -2.06. The maximum absolute atomic E-state index is 12.4. The van der Waals surface area contributed by atoms with Crippen molar-refractivity contribution in [2.45, 2.75) is 25.5 Å². The molecule has 2 heterocycles. The lowest BCUT2D eigenvalue weighted by atomic mass is 10.1. The summed E-state index contributed by atoms with van der Waals surface area (Å²) in [6.45, 7) is 2.74. The van der Waals surface area contributed by atoms with Gasteiger partial charge in [0, 0.05) is 19.0 Å². The molecule has 0 saturated carbocycles. The van der Waals surface area contributed by atoms with E-state index in [0.29, 0.717) is 18.7 Å². The first-order valence-corrected chi connectivity index (χ1v) is 6.48. The molecular formula is C15H17NO3. The molecule has 2 atom stereocenters. The Morgan fingerprint density at radius 1 is 1.42 bits per heavy atom. The van der Waals surface area contributed by atoms with Crippen LogP contribution in [-0.4, -0.2) is 31.6 Å². The number of carbonyl (C=O) groups is 1. The van der Waals surface area contributed by atoms with Crippen LogP contribution in [0.25, 0.3) is 11.0 Å². The summed E-state index contributed by atoms with van der Waals surface area (Å²) in [4.78, 5) is 12.4. The number of Topliss-reactive ketones (excluding diaryl/α,β-unsaturated/α-hetero) is 1. The van der Waals surface area contributed by atoms with Crippen LogP contribution in [0.4, 0.5) is 0 Å². The van der Waals surface area contributed by atoms with Crippen molar-refractivity contribution < 1.29 is 13.9 Å². The van der Waals surface area contributed by atoms with Crippen LogP contribution in [0.3, 0.4) is 0 Å². The van der Waals surface area contributed by atoms with E-state index in [4.69, 9.17) is 9.15 Å². The molecule has 0 spiro atoms. The Morgan fingerprint density at radius 2 is 2.26 bits per heavy atom. The van der Waals surface area contributed by atoms with E-state index in [9.17, 15) is 4.79 Å². The van der Waals surface area contributed by atoms with E-state index >= 15 is 0 Å². The number of fused-ring (bicyclic) bond motifs is 1. The fraction of sp³-hybridized carbons (Fsp3) is 0.400. The van der Waals surface area contributed by atoms with Crippen LogP contribution in [-0.2, 0) is 4.74 Å². The fourth-order valence-corrected chi connectivity index (χ4v) is 2.54. The third kappa shape index (κ3) is 2.29. The highest BCUT2D eigenvalue weighted by Gasteiger charge is 2.31. The average Bonchev–Trinajstić information content (AvgIpc) is 3.03. The monoisotopic (exact) mass is 259 g/mol. The molecule has 4 nitrogen and oxygen atoms in total. The van der Waals surface area contributed by atoms with E-state index < -0.39 is 0 Å². The Hall–Kier alpha value is -1.65. The van der Waals surface area contributed by atoms with Crippen LogP contribution in [0.5, 0.6) is 0 Å². The number of methoxy groups -OCH3 is 1. The van der Waals surface area contributed by atoms with Gasteiger partial charge in [0.15, 0.2) is 5.76 Å². The Bertz CT molecular complexity index is 617. The van der Waals surface area contributed by atoms with Crippen molar-refractivity contribution in [3.05, 3.63) is 35.6 Å². The van der Waals surface area contributed by atoms with Crippen molar-refractivity contribution in [3.8, 4) is 0 Å². The lowest BCUT2D eigenvalue weighted by molar-refractivity contribution is 0.0895. The minimum atomic E-state index is -0.202. The van der Waals surface area contributed by atoms with Gasteiger partial charge in [0.25, 0.3) is 0 Å². The summed E-state index contributed by atoms with van der Waals surface area (Å²) in [5.41, 5.74) is 1.92. The molecule has 1 aromatic heterocycles. The maximum Gasteiger partial charge on any atom is 0.214 e. The van der Waals surface area contributed by atoms with Crippen LogP contribution in [0, 0.1) is 6.92 Å². The molecule has 0 aliphatic carbocycles. The van der Waals surface area contributed by atoms with Gasteiger partial charge in [-0.1, -0.05) is 11.6 Å². The van der Waals surface area contributed by atoms with Crippen LogP contribution in [0.1, 0.15) is 22.5 Å². The summed E-state index contributed by atoms with van der Waals surface area (Å²) in [5, 5.41) is 4.15. The SMILES string of the molecule is COC1CNC(C(=O)c2cc3cc(C)ccc3o2)C1. The number of carbonyl (C=O) groups excluding carboxylic acids is 1. The minimum absolute atomic E-state index is 0.00778. The van der Waals surface area contributed by atoms with Crippen molar-refractivity contribution in [2.24, 2.45) is 0 Å². The summed E-state index contributed by atoms with van der Waals surface area (Å²) < 4.78 is 10.9. The average molecular weight is 259 g/mol. The molecule has 0 radical (unpaired) electrons. The highest BCUT2D eigenvalue weighted by molar-refractivity contribution is 6.01. The smallest absolute Gasteiger partial charge is 0.214 e. The number of aryl methyl sites for hydroxylation is 1. The first-order valence-electron chi connectivity index (χ1n) is 6.48. The first-order chi connectivity index (χ1) is 9.17. The Balaban J connectivity index is 1.86. The number of ether oxygens (including phenoxy) is 1. The fourth-order valence-electron chi connectivity index (χ4n) is 2.54. The summed E-state index contributed by atoms with van der Waals surface area (Å²) in [6.07, 6.45) is 0.811. The molecule has 19 heavy (non-hydrogen) atoms. The zero-order chi connectivity index (χ0) is 13.4. The van der Waals surface area contributed by atoms with Crippen molar-refractivity contribution in [1.29, 1.82) is 0 Å². The highest BCUT2D eigenvalue weighted by Crippen LogP contribution is 2.23. The Morgan fingerprint density at radius 3 is 3.00 bits per heavy atom. The predicted octanol–water partition coefficient (Wildman–Crippen LogP) is 2.30. The molecule has 1 fully saturated rings. The zero-order valence-electron chi connectivity index (χ0n) is 11.1. The number of hydrogen-bond acceptors (Lipinski definition) is 4. The molecule has 1 aliphatic rings. The normalized spacial score (nSPS) is 23.1. The zero-order valence-corrected chi connectivity index (χ0v) is 11.1. The third-order valence-corrected chi connectivity index (χ3v) is 3.65. The molecular weight excluding hydrogens is 242 g/mol. The molecule has 1 aromatic carbocycles. The predicted molar refractivity (Wildman–Crippen MR) is 72.5 cm³/mol. The van der Waals surface area contributed by atoms with E-state index in [1.54, 1.807) is 7.11 Å². The van der Waals surface area contributed by atoms with Crippen molar-refractivity contribution >= 4 is 16.8 Å².